The van der Waals surface area contributed by atoms with Crippen molar-refractivity contribution in [2.45, 2.75) is 38.5 Å². The third-order valence-electron chi connectivity index (χ3n) is 5.24. The van der Waals surface area contributed by atoms with Gasteiger partial charge in [-0.25, -0.2) is 0 Å². The lowest BCUT2D eigenvalue weighted by atomic mass is 9.96. The Bertz CT molecular complexity index is 859. The van der Waals surface area contributed by atoms with Crippen LogP contribution in [-0.2, 0) is 23.2 Å². The van der Waals surface area contributed by atoms with Gasteiger partial charge in [0.05, 0.1) is 23.9 Å². The summed E-state index contributed by atoms with van der Waals surface area (Å²) in [4.78, 5) is 28.5. The van der Waals surface area contributed by atoms with Crippen LogP contribution in [0.25, 0.3) is 10.9 Å². The summed E-state index contributed by atoms with van der Waals surface area (Å²) in [6.45, 7) is 2.87. The maximum absolute atomic E-state index is 12.9. The van der Waals surface area contributed by atoms with E-state index >= 15 is 0 Å². The molecule has 0 unspecified atom stereocenters. The second-order valence-corrected chi connectivity index (χ2v) is 7.07. The van der Waals surface area contributed by atoms with Gasteiger partial charge in [0.25, 0.3) is 0 Å². The molecule has 1 N–H and O–H groups in total. The van der Waals surface area contributed by atoms with E-state index < -0.39 is 12.1 Å². The molecule has 132 valence electrons. The predicted octanol–water partition coefficient (Wildman–Crippen LogP) is 0.576. The molecule has 1 aromatic heterocycles. The normalized spacial score (nSPS) is 24.1. The van der Waals surface area contributed by atoms with Crippen LogP contribution in [0.3, 0.4) is 0 Å². The van der Waals surface area contributed by atoms with Crippen LogP contribution >= 0.6 is 0 Å². The van der Waals surface area contributed by atoms with Gasteiger partial charge in [-0.1, -0.05) is 11.6 Å². The molecule has 0 bridgehead atoms. The molecule has 25 heavy (non-hydrogen) atoms. The van der Waals surface area contributed by atoms with Crippen molar-refractivity contribution in [2.24, 2.45) is 7.05 Å². The molecule has 2 saturated heterocycles. The fourth-order valence-corrected chi connectivity index (χ4v) is 3.91. The van der Waals surface area contributed by atoms with Gasteiger partial charge in [-0.05, 0) is 25.5 Å². The lowest BCUT2D eigenvalue weighted by Gasteiger charge is -2.43. The number of aryl methyl sites for hydroxylation is 2. The highest BCUT2D eigenvalue weighted by Gasteiger charge is 2.42. The SMILES string of the molecule is Cc1ccc2c(c1)c(CN1CC(=O)N3CC[C@@H](O)C[C@H]3C1=O)nn2C. The van der Waals surface area contributed by atoms with E-state index in [0.717, 1.165) is 22.2 Å². The number of piperidine rings is 1. The summed E-state index contributed by atoms with van der Waals surface area (Å²) in [5.74, 6) is -0.141. The highest BCUT2D eigenvalue weighted by atomic mass is 16.3. The molecular weight excluding hydrogens is 320 g/mol. The van der Waals surface area contributed by atoms with Crippen LogP contribution in [0.2, 0.25) is 0 Å². The molecule has 4 rings (SSSR count). The highest BCUT2D eigenvalue weighted by molar-refractivity contribution is 5.95. The van der Waals surface area contributed by atoms with Gasteiger partial charge < -0.3 is 14.9 Å². The monoisotopic (exact) mass is 342 g/mol. The molecule has 3 heterocycles. The first-order valence-corrected chi connectivity index (χ1v) is 8.62. The topological polar surface area (TPSA) is 78.7 Å². The second kappa shape index (κ2) is 5.84. The van der Waals surface area contributed by atoms with Gasteiger partial charge in [-0.15, -0.1) is 0 Å². The highest BCUT2D eigenvalue weighted by Crippen LogP contribution is 2.26. The van der Waals surface area contributed by atoms with E-state index in [1.807, 2.05) is 26.1 Å². The van der Waals surface area contributed by atoms with Crippen LogP contribution in [0.5, 0.6) is 0 Å². The summed E-state index contributed by atoms with van der Waals surface area (Å²) >= 11 is 0. The van der Waals surface area contributed by atoms with Gasteiger partial charge in [0, 0.05) is 25.4 Å². The molecule has 2 aliphatic rings. The minimum atomic E-state index is -0.540. The van der Waals surface area contributed by atoms with Gasteiger partial charge in [-0.3, -0.25) is 14.3 Å². The second-order valence-electron chi connectivity index (χ2n) is 7.07. The Kier molecular flexibility index (Phi) is 3.76. The maximum Gasteiger partial charge on any atom is 0.246 e. The Morgan fingerprint density at radius 2 is 2.12 bits per heavy atom. The standard InChI is InChI=1S/C18H22N4O3/c1-11-3-4-15-13(7-11)14(19-20(15)2)9-21-10-17(24)22-6-5-12(23)8-16(22)18(21)25/h3-4,7,12,16,23H,5-6,8-10H2,1-2H3/t12-,16+/m1/s1. The molecular formula is C18H22N4O3. The van der Waals surface area contributed by atoms with E-state index in [1.165, 1.54) is 0 Å². The first-order valence-electron chi connectivity index (χ1n) is 8.62. The van der Waals surface area contributed by atoms with Gasteiger partial charge in [0.15, 0.2) is 0 Å². The first kappa shape index (κ1) is 16.1. The largest absolute Gasteiger partial charge is 0.393 e. The van der Waals surface area contributed by atoms with E-state index in [0.29, 0.717) is 25.9 Å². The van der Waals surface area contributed by atoms with Crippen LogP contribution in [0, 0.1) is 6.92 Å². The number of hydrogen-bond acceptors (Lipinski definition) is 4. The summed E-state index contributed by atoms with van der Waals surface area (Å²) in [6.07, 6.45) is 0.347. The quantitative estimate of drug-likeness (QED) is 0.866. The number of amides is 2. The number of rotatable bonds is 2. The van der Waals surface area contributed by atoms with Gasteiger partial charge in [0.1, 0.15) is 12.6 Å². The predicted molar refractivity (Wildman–Crippen MR) is 91.6 cm³/mol. The van der Waals surface area contributed by atoms with Crippen molar-refractivity contribution in [3.05, 3.63) is 29.5 Å². The summed E-state index contributed by atoms with van der Waals surface area (Å²) < 4.78 is 1.80. The number of aliphatic hydroxyl groups is 1. The van der Waals surface area contributed by atoms with Crippen molar-refractivity contribution < 1.29 is 14.7 Å². The number of hydrogen-bond donors (Lipinski definition) is 1. The van der Waals surface area contributed by atoms with Crippen LogP contribution in [0.15, 0.2) is 18.2 Å². The average molecular weight is 342 g/mol. The van der Waals surface area contributed by atoms with E-state index in [1.54, 1.807) is 14.5 Å². The molecule has 0 radical (unpaired) electrons. The first-order chi connectivity index (χ1) is 11.9. The van der Waals surface area contributed by atoms with Gasteiger partial charge in [0.2, 0.25) is 11.8 Å². The molecule has 2 atom stereocenters. The molecule has 1 aromatic carbocycles. The third-order valence-corrected chi connectivity index (χ3v) is 5.24. The van der Waals surface area contributed by atoms with Crippen molar-refractivity contribution in [1.29, 1.82) is 0 Å². The molecule has 7 nitrogen and oxygen atoms in total. The van der Waals surface area contributed by atoms with Crippen molar-refractivity contribution in [2.75, 3.05) is 13.1 Å². The molecule has 0 aliphatic carbocycles. The van der Waals surface area contributed by atoms with E-state index in [-0.39, 0.29) is 18.4 Å². The zero-order chi connectivity index (χ0) is 17.7. The number of fused-ring (bicyclic) bond motifs is 2. The smallest absolute Gasteiger partial charge is 0.246 e. The lowest BCUT2D eigenvalue weighted by Crippen LogP contribution is -2.62. The van der Waals surface area contributed by atoms with Crippen molar-refractivity contribution in [3.63, 3.8) is 0 Å². The molecule has 2 aromatic rings. The van der Waals surface area contributed by atoms with Crippen molar-refractivity contribution >= 4 is 22.7 Å². The fraction of sp³-hybridized carbons (Fsp3) is 0.500. The summed E-state index contributed by atoms with van der Waals surface area (Å²) in [5, 5.41) is 15.4. The Labute approximate surface area is 145 Å². The van der Waals surface area contributed by atoms with Crippen LogP contribution in [0.4, 0.5) is 0 Å². The van der Waals surface area contributed by atoms with Crippen molar-refractivity contribution in [1.82, 2.24) is 19.6 Å². The molecule has 2 aliphatic heterocycles. The van der Waals surface area contributed by atoms with Gasteiger partial charge >= 0.3 is 0 Å². The summed E-state index contributed by atoms with van der Waals surface area (Å²) in [7, 11) is 1.88. The Hall–Kier alpha value is -2.41. The molecule has 0 spiro atoms. The van der Waals surface area contributed by atoms with Crippen LogP contribution in [0.1, 0.15) is 24.1 Å². The van der Waals surface area contributed by atoms with E-state index in [2.05, 4.69) is 11.2 Å². The van der Waals surface area contributed by atoms with E-state index in [9.17, 15) is 14.7 Å². The Balaban J connectivity index is 1.64. The minimum Gasteiger partial charge on any atom is -0.393 e. The van der Waals surface area contributed by atoms with E-state index in [4.69, 9.17) is 0 Å². The number of aromatic nitrogens is 2. The molecule has 2 fully saturated rings. The lowest BCUT2D eigenvalue weighted by molar-refractivity contribution is -0.160. The molecule has 2 amide bonds. The summed E-state index contributed by atoms with van der Waals surface area (Å²) in [6, 6.07) is 5.57. The zero-order valence-electron chi connectivity index (χ0n) is 14.5. The van der Waals surface area contributed by atoms with Gasteiger partial charge in [-0.2, -0.15) is 5.10 Å². The molecule has 7 heteroatoms. The van der Waals surface area contributed by atoms with Crippen LogP contribution in [-0.4, -0.2) is 61.7 Å². The average Bonchev–Trinajstić information content (AvgIpc) is 2.87. The number of aliphatic hydroxyl groups excluding tert-OH is 1. The molecule has 0 saturated carbocycles. The zero-order valence-corrected chi connectivity index (χ0v) is 14.5. The number of carbonyl (C=O) groups excluding carboxylic acids is 2. The third kappa shape index (κ3) is 2.68. The fourth-order valence-electron chi connectivity index (χ4n) is 3.91. The van der Waals surface area contributed by atoms with Crippen molar-refractivity contribution in [3.8, 4) is 0 Å². The minimum absolute atomic E-state index is 0.0482. The number of benzene rings is 1. The number of piperazine rings is 1. The number of nitrogens with zero attached hydrogens (tertiary/aromatic N) is 4. The Morgan fingerprint density at radius 1 is 1.32 bits per heavy atom. The number of carbonyl (C=O) groups is 2. The van der Waals surface area contributed by atoms with Crippen LogP contribution < -0.4 is 0 Å². The maximum atomic E-state index is 12.9. The Morgan fingerprint density at radius 3 is 2.92 bits per heavy atom. The summed E-state index contributed by atoms with van der Waals surface area (Å²) in [5.41, 5.74) is 2.93.